The van der Waals surface area contributed by atoms with Crippen LogP contribution in [-0.2, 0) is 18.4 Å². The average Bonchev–Trinajstić information content (AvgIpc) is 2.46. The molecule has 0 saturated heterocycles. The second-order valence-corrected chi connectivity index (χ2v) is 3.89. The molecule has 0 aliphatic rings. The summed E-state index contributed by atoms with van der Waals surface area (Å²) in [5.41, 5.74) is -0.666. The van der Waals surface area contributed by atoms with E-state index < -0.39 is 16.6 Å². The van der Waals surface area contributed by atoms with Crippen LogP contribution in [0.4, 0.5) is 5.95 Å². The van der Waals surface area contributed by atoms with Crippen LogP contribution in [0.5, 0.6) is 0 Å². The maximum atomic E-state index is 11.4. The molecule has 0 N–H and O–H groups in total. The highest BCUT2D eigenvalue weighted by Crippen LogP contribution is 2.04. The molecular weight excluding hydrogens is 236 g/mol. The van der Waals surface area contributed by atoms with Crippen LogP contribution in [0.15, 0.2) is 4.79 Å². The minimum atomic E-state index is -0.784. The summed E-state index contributed by atoms with van der Waals surface area (Å²) in [6, 6.07) is 0. The first-order chi connectivity index (χ1) is 7.47. The van der Waals surface area contributed by atoms with Crippen molar-refractivity contribution in [3.63, 3.8) is 0 Å². The molecule has 1 heterocycles. The molecule has 1 aromatic rings. The summed E-state index contributed by atoms with van der Waals surface area (Å²) in [6.45, 7) is -0.316. The molecule has 0 aliphatic heterocycles. The fraction of sp³-hybridized carbons (Fsp3) is 0.571. The zero-order chi connectivity index (χ0) is 12.3. The van der Waals surface area contributed by atoms with Crippen LogP contribution in [0.2, 0.25) is 0 Å². The maximum Gasteiger partial charge on any atom is 0.460 e. The van der Waals surface area contributed by atoms with E-state index in [1.54, 1.807) is 6.26 Å². The standard InChI is InChI=1S/C7H10N4O4S/c1-9-7(13)10(3-5(12)4-16-2)6(8-9)11(14)15/h3-4H2,1-2H3. The SMILES string of the molecule is CSCC(=O)Cn1c([N+](=O)[O-])nn(C)c1=O. The average molecular weight is 246 g/mol. The second kappa shape index (κ2) is 4.92. The molecule has 0 radical (unpaired) electrons. The van der Waals surface area contributed by atoms with E-state index in [1.165, 1.54) is 18.8 Å². The smallest absolute Gasteiger partial charge is 0.390 e. The molecule has 0 aromatic carbocycles. The van der Waals surface area contributed by atoms with Crippen molar-refractivity contribution in [2.75, 3.05) is 12.0 Å². The van der Waals surface area contributed by atoms with Crippen LogP contribution in [-0.4, -0.2) is 37.1 Å². The number of nitro groups is 1. The van der Waals surface area contributed by atoms with E-state index >= 15 is 0 Å². The Morgan fingerprint density at radius 1 is 1.62 bits per heavy atom. The largest absolute Gasteiger partial charge is 0.460 e. The Balaban J connectivity index is 3.07. The lowest BCUT2D eigenvalue weighted by Crippen LogP contribution is -2.27. The number of thioether (sulfide) groups is 1. The van der Waals surface area contributed by atoms with Gasteiger partial charge in [0.05, 0.1) is 12.8 Å². The number of Topliss-reactive ketones (excluding diaryl/α,β-unsaturated/α-hetero) is 1. The summed E-state index contributed by atoms with van der Waals surface area (Å²) in [5.74, 6) is -0.661. The molecule has 0 atom stereocenters. The van der Waals surface area contributed by atoms with E-state index in [4.69, 9.17) is 0 Å². The van der Waals surface area contributed by atoms with Gasteiger partial charge in [-0.15, -0.1) is 4.68 Å². The van der Waals surface area contributed by atoms with Gasteiger partial charge in [0.1, 0.15) is 6.54 Å². The Kier molecular flexibility index (Phi) is 3.82. The quantitative estimate of drug-likeness (QED) is 0.509. The Bertz CT molecular complexity index is 477. The highest BCUT2D eigenvalue weighted by Gasteiger charge is 2.24. The van der Waals surface area contributed by atoms with Crippen molar-refractivity contribution in [2.45, 2.75) is 6.54 Å². The van der Waals surface area contributed by atoms with Crippen molar-refractivity contribution < 1.29 is 9.72 Å². The molecular formula is C7H10N4O4S. The van der Waals surface area contributed by atoms with Gasteiger partial charge in [-0.25, -0.2) is 4.79 Å². The zero-order valence-electron chi connectivity index (χ0n) is 8.74. The number of aromatic nitrogens is 3. The highest BCUT2D eigenvalue weighted by atomic mass is 32.2. The van der Waals surface area contributed by atoms with Crippen LogP contribution in [0.3, 0.4) is 0 Å². The van der Waals surface area contributed by atoms with Gasteiger partial charge in [0.25, 0.3) is 0 Å². The zero-order valence-corrected chi connectivity index (χ0v) is 9.56. The van der Waals surface area contributed by atoms with E-state index in [-0.39, 0.29) is 18.1 Å². The predicted molar refractivity (Wildman–Crippen MR) is 57.5 cm³/mol. The number of carbonyl (C=O) groups excluding carboxylic acids is 1. The topological polar surface area (TPSA) is 100 Å². The Hall–Kier alpha value is -1.64. The van der Waals surface area contributed by atoms with Gasteiger partial charge in [0.15, 0.2) is 5.78 Å². The van der Waals surface area contributed by atoms with Crippen LogP contribution in [0, 0.1) is 10.1 Å². The molecule has 0 bridgehead atoms. The molecule has 1 rings (SSSR count). The fourth-order valence-electron chi connectivity index (χ4n) is 1.15. The normalized spacial score (nSPS) is 10.4. The third-order valence-corrected chi connectivity index (χ3v) is 2.40. The summed E-state index contributed by atoms with van der Waals surface area (Å²) in [6.07, 6.45) is 1.73. The lowest BCUT2D eigenvalue weighted by Gasteiger charge is -1.97. The third-order valence-electron chi connectivity index (χ3n) is 1.79. The van der Waals surface area contributed by atoms with Crippen molar-refractivity contribution in [3.8, 4) is 0 Å². The summed E-state index contributed by atoms with van der Waals surface area (Å²) < 4.78 is 1.60. The van der Waals surface area contributed by atoms with E-state index in [9.17, 15) is 19.7 Å². The summed E-state index contributed by atoms with van der Waals surface area (Å²) >= 11 is 1.29. The summed E-state index contributed by atoms with van der Waals surface area (Å²) in [5, 5.41) is 14.0. The lowest BCUT2D eigenvalue weighted by molar-refractivity contribution is -0.397. The van der Waals surface area contributed by atoms with E-state index in [2.05, 4.69) is 5.10 Å². The fourth-order valence-corrected chi connectivity index (χ4v) is 1.56. The van der Waals surface area contributed by atoms with Gasteiger partial charge in [0.2, 0.25) is 0 Å². The number of aryl methyl sites for hydroxylation is 1. The van der Waals surface area contributed by atoms with Crippen LogP contribution in [0.1, 0.15) is 0 Å². The molecule has 0 amide bonds. The van der Waals surface area contributed by atoms with Gasteiger partial charge in [0, 0.05) is 5.10 Å². The van der Waals surface area contributed by atoms with Crippen molar-refractivity contribution in [1.82, 2.24) is 14.3 Å². The molecule has 0 fully saturated rings. The molecule has 8 nitrogen and oxygen atoms in total. The number of hydrogen-bond donors (Lipinski definition) is 0. The summed E-state index contributed by atoms with van der Waals surface area (Å²) in [4.78, 5) is 32.5. The first-order valence-electron chi connectivity index (χ1n) is 4.26. The van der Waals surface area contributed by atoms with Crippen LogP contribution in [0.25, 0.3) is 0 Å². The highest BCUT2D eigenvalue weighted by molar-refractivity contribution is 7.99. The number of rotatable bonds is 5. The van der Waals surface area contributed by atoms with Crippen molar-refractivity contribution in [2.24, 2.45) is 7.05 Å². The van der Waals surface area contributed by atoms with Gasteiger partial charge >= 0.3 is 11.6 Å². The van der Waals surface area contributed by atoms with Gasteiger partial charge in [-0.1, -0.05) is 0 Å². The van der Waals surface area contributed by atoms with E-state index in [1.807, 2.05) is 0 Å². The number of carbonyl (C=O) groups is 1. The van der Waals surface area contributed by atoms with Gasteiger partial charge in [-0.2, -0.15) is 16.3 Å². The Morgan fingerprint density at radius 3 is 2.75 bits per heavy atom. The van der Waals surface area contributed by atoms with E-state index in [0.717, 1.165) is 9.25 Å². The monoisotopic (exact) mass is 246 g/mol. The molecule has 0 aliphatic carbocycles. The molecule has 9 heteroatoms. The Labute approximate surface area is 94.4 Å². The van der Waals surface area contributed by atoms with Crippen molar-refractivity contribution in [3.05, 3.63) is 20.6 Å². The number of nitrogens with zero attached hydrogens (tertiary/aromatic N) is 4. The van der Waals surface area contributed by atoms with Gasteiger partial charge in [-0.05, 0) is 11.2 Å². The van der Waals surface area contributed by atoms with Gasteiger partial charge in [-0.3, -0.25) is 4.79 Å². The lowest BCUT2D eigenvalue weighted by atomic mass is 10.4. The van der Waals surface area contributed by atoms with Crippen LogP contribution >= 0.6 is 11.8 Å². The van der Waals surface area contributed by atoms with E-state index in [0.29, 0.717) is 0 Å². The molecule has 16 heavy (non-hydrogen) atoms. The Morgan fingerprint density at radius 2 is 2.25 bits per heavy atom. The minimum absolute atomic E-state index is 0.207. The maximum absolute atomic E-state index is 11.4. The third kappa shape index (κ3) is 2.48. The molecule has 1 aromatic heterocycles. The minimum Gasteiger partial charge on any atom is -0.390 e. The van der Waals surface area contributed by atoms with Crippen molar-refractivity contribution >= 4 is 23.5 Å². The molecule has 88 valence electrons. The van der Waals surface area contributed by atoms with Crippen LogP contribution < -0.4 is 5.69 Å². The molecule has 0 saturated carbocycles. The van der Waals surface area contributed by atoms with Gasteiger partial charge < -0.3 is 10.1 Å². The predicted octanol–water partition coefficient (Wildman–Crippen LogP) is -0.578. The first kappa shape index (κ1) is 12.4. The summed E-state index contributed by atoms with van der Waals surface area (Å²) in [7, 11) is 1.30. The molecule has 0 spiro atoms. The van der Waals surface area contributed by atoms with Crippen molar-refractivity contribution in [1.29, 1.82) is 0 Å². The second-order valence-electron chi connectivity index (χ2n) is 3.02. The first-order valence-corrected chi connectivity index (χ1v) is 5.65. The number of hydrogen-bond acceptors (Lipinski definition) is 6. The number of ketones is 1. The molecule has 0 unspecified atom stereocenters.